The monoisotopic (exact) mass is 238 g/mol. The SMILES string of the molecule is CNS(=O)(=O)c1ccc(-c2cnco2)cc1. The topological polar surface area (TPSA) is 72.2 Å². The average Bonchev–Trinajstić information content (AvgIpc) is 2.83. The molecule has 0 aliphatic carbocycles. The van der Waals surface area contributed by atoms with E-state index in [4.69, 9.17) is 4.42 Å². The molecule has 1 heterocycles. The molecular weight excluding hydrogens is 228 g/mol. The minimum Gasteiger partial charge on any atom is -0.444 e. The van der Waals surface area contributed by atoms with Gasteiger partial charge < -0.3 is 4.42 Å². The molecule has 16 heavy (non-hydrogen) atoms. The van der Waals surface area contributed by atoms with Crippen LogP contribution in [0.15, 0.2) is 46.2 Å². The van der Waals surface area contributed by atoms with Gasteiger partial charge in [0.2, 0.25) is 10.0 Å². The van der Waals surface area contributed by atoms with Crippen molar-refractivity contribution >= 4 is 10.0 Å². The maximum absolute atomic E-state index is 11.5. The first kappa shape index (κ1) is 10.8. The van der Waals surface area contributed by atoms with E-state index in [-0.39, 0.29) is 4.90 Å². The Balaban J connectivity index is 2.38. The van der Waals surface area contributed by atoms with Gasteiger partial charge in [0.05, 0.1) is 11.1 Å². The van der Waals surface area contributed by atoms with E-state index in [1.807, 2.05) is 0 Å². The van der Waals surface area contributed by atoms with Gasteiger partial charge in [-0.15, -0.1) is 0 Å². The molecule has 0 aliphatic heterocycles. The normalized spacial score (nSPS) is 11.6. The fourth-order valence-corrected chi connectivity index (χ4v) is 2.00. The summed E-state index contributed by atoms with van der Waals surface area (Å²) in [5.41, 5.74) is 0.785. The summed E-state index contributed by atoms with van der Waals surface area (Å²) in [5.74, 6) is 0.605. The number of nitrogens with one attached hydrogen (secondary N) is 1. The molecule has 0 unspecified atom stereocenters. The Morgan fingerprint density at radius 1 is 1.25 bits per heavy atom. The second-order valence-corrected chi connectivity index (χ2v) is 4.98. The van der Waals surface area contributed by atoms with Crippen molar-refractivity contribution in [1.29, 1.82) is 0 Å². The maximum atomic E-state index is 11.5. The van der Waals surface area contributed by atoms with Crippen molar-refractivity contribution in [3.05, 3.63) is 36.9 Å². The summed E-state index contributed by atoms with van der Waals surface area (Å²) in [6.45, 7) is 0. The summed E-state index contributed by atoms with van der Waals surface area (Å²) in [6, 6.07) is 6.38. The number of nitrogens with zero attached hydrogens (tertiary/aromatic N) is 1. The van der Waals surface area contributed by atoms with Crippen molar-refractivity contribution in [2.45, 2.75) is 4.90 Å². The van der Waals surface area contributed by atoms with Gasteiger partial charge in [-0.2, -0.15) is 0 Å². The molecule has 2 aromatic rings. The van der Waals surface area contributed by atoms with Crippen LogP contribution in [0.1, 0.15) is 0 Å². The van der Waals surface area contributed by atoms with Gasteiger partial charge in [-0.25, -0.2) is 18.1 Å². The largest absolute Gasteiger partial charge is 0.444 e. The van der Waals surface area contributed by atoms with Crippen LogP contribution in [0.5, 0.6) is 0 Å². The van der Waals surface area contributed by atoms with Crippen molar-refractivity contribution in [1.82, 2.24) is 9.71 Å². The van der Waals surface area contributed by atoms with Gasteiger partial charge in [-0.3, -0.25) is 0 Å². The molecule has 84 valence electrons. The van der Waals surface area contributed by atoms with Gasteiger partial charge in [0.15, 0.2) is 12.2 Å². The van der Waals surface area contributed by atoms with E-state index in [0.717, 1.165) is 5.56 Å². The van der Waals surface area contributed by atoms with E-state index in [1.54, 1.807) is 18.3 Å². The number of sulfonamides is 1. The quantitative estimate of drug-likeness (QED) is 0.873. The van der Waals surface area contributed by atoms with Crippen molar-refractivity contribution in [2.24, 2.45) is 0 Å². The van der Waals surface area contributed by atoms with Crippen LogP contribution in [0.2, 0.25) is 0 Å². The standard InChI is InChI=1S/C10H10N2O3S/c1-11-16(13,14)9-4-2-8(3-5-9)10-6-12-7-15-10/h2-7,11H,1H3. The first-order valence-corrected chi connectivity index (χ1v) is 6.04. The Hall–Kier alpha value is -1.66. The fraction of sp³-hybridized carbons (Fsp3) is 0.100. The maximum Gasteiger partial charge on any atom is 0.240 e. The first-order chi connectivity index (χ1) is 7.63. The van der Waals surface area contributed by atoms with Crippen LogP contribution in [-0.2, 0) is 10.0 Å². The van der Waals surface area contributed by atoms with Crippen LogP contribution in [0.4, 0.5) is 0 Å². The van der Waals surface area contributed by atoms with Gasteiger partial charge in [-0.1, -0.05) is 0 Å². The van der Waals surface area contributed by atoms with Crippen molar-refractivity contribution in [3.8, 4) is 11.3 Å². The van der Waals surface area contributed by atoms with Crippen LogP contribution in [0.3, 0.4) is 0 Å². The van der Waals surface area contributed by atoms with E-state index in [9.17, 15) is 8.42 Å². The summed E-state index contributed by atoms with van der Waals surface area (Å²) in [6.07, 6.45) is 2.90. The molecule has 0 bridgehead atoms. The highest BCUT2D eigenvalue weighted by Crippen LogP contribution is 2.20. The molecule has 1 N–H and O–H groups in total. The minimum absolute atomic E-state index is 0.221. The lowest BCUT2D eigenvalue weighted by Gasteiger charge is -2.02. The molecule has 1 aromatic carbocycles. The van der Waals surface area contributed by atoms with Crippen molar-refractivity contribution < 1.29 is 12.8 Å². The fourth-order valence-electron chi connectivity index (χ4n) is 1.27. The molecule has 1 aromatic heterocycles. The van der Waals surface area contributed by atoms with Crippen LogP contribution >= 0.6 is 0 Å². The third-order valence-corrected chi connectivity index (χ3v) is 3.58. The van der Waals surface area contributed by atoms with Crippen LogP contribution in [-0.4, -0.2) is 20.4 Å². The lowest BCUT2D eigenvalue weighted by atomic mass is 10.2. The number of hydrogen-bond acceptors (Lipinski definition) is 4. The molecule has 0 saturated heterocycles. The van der Waals surface area contributed by atoms with Crippen molar-refractivity contribution in [3.63, 3.8) is 0 Å². The average molecular weight is 238 g/mol. The Labute approximate surface area is 93.2 Å². The zero-order valence-electron chi connectivity index (χ0n) is 8.54. The van der Waals surface area contributed by atoms with Gasteiger partial charge in [0.25, 0.3) is 0 Å². The molecule has 0 atom stereocenters. The number of rotatable bonds is 3. The predicted octanol–water partition coefficient (Wildman–Crippen LogP) is 1.25. The number of aromatic nitrogens is 1. The molecule has 0 saturated carbocycles. The highest BCUT2D eigenvalue weighted by molar-refractivity contribution is 7.89. The Morgan fingerprint density at radius 2 is 1.94 bits per heavy atom. The summed E-state index contributed by atoms with van der Waals surface area (Å²) in [4.78, 5) is 4.01. The zero-order chi connectivity index (χ0) is 11.6. The third-order valence-electron chi connectivity index (χ3n) is 2.15. The number of hydrogen-bond donors (Lipinski definition) is 1. The Bertz CT molecular complexity index is 559. The molecule has 0 radical (unpaired) electrons. The second-order valence-electron chi connectivity index (χ2n) is 3.10. The molecule has 0 spiro atoms. The first-order valence-electron chi connectivity index (χ1n) is 4.56. The van der Waals surface area contributed by atoms with E-state index in [0.29, 0.717) is 5.76 Å². The molecule has 0 fully saturated rings. The van der Waals surface area contributed by atoms with E-state index < -0.39 is 10.0 Å². The van der Waals surface area contributed by atoms with E-state index >= 15 is 0 Å². The Kier molecular flexibility index (Phi) is 2.76. The summed E-state index contributed by atoms with van der Waals surface area (Å²) < 4.78 is 30.2. The van der Waals surface area contributed by atoms with Crippen molar-refractivity contribution in [2.75, 3.05) is 7.05 Å². The van der Waals surface area contributed by atoms with E-state index in [2.05, 4.69) is 9.71 Å². The van der Waals surface area contributed by atoms with Gasteiger partial charge in [0.1, 0.15) is 0 Å². The minimum atomic E-state index is -3.38. The molecular formula is C10H10N2O3S. The third kappa shape index (κ3) is 1.98. The second kappa shape index (κ2) is 4.07. The predicted molar refractivity (Wildman–Crippen MR) is 58.2 cm³/mol. The van der Waals surface area contributed by atoms with Crippen LogP contribution in [0, 0.1) is 0 Å². The molecule has 0 amide bonds. The van der Waals surface area contributed by atoms with Gasteiger partial charge >= 0.3 is 0 Å². The highest BCUT2D eigenvalue weighted by atomic mass is 32.2. The Morgan fingerprint density at radius 3 is 2.44 bits per heavy atom. The van der Waals surface area contributed by atoms with E-state index in [1.165, 1.54) is 25.6 Å². The molecule has 6 heteroatoms. The molecule has 2 rings (SSSR count). The summed E-state index contributed by atoms with van der Waals surface area (Å²) >= 11 is 0. The zero-order valence-corrected chi connectivity index (χ0v) is 9.36. The summed E-state index contributed by atoms with van der Waals surface area (Å²) in [5, 5.41) is 0. The van der Waals surface area contributed by atoms with Crippen LogP contribution < -0.4 is 4.72 Å². The lowest BCUT2D eigenvalue weighted by Crippen LogP contribution is -2.18. The molecule has 0 aliphatic rings. The lowest BCUT2D eigenvalue weighted by molar-refractivity contribution is 0.571. The number of oxazole rings is 1. The van der Waals surface area contributed by atoms with Crippen LogP contribution in [0.25, 0.3) is 11.3 Å². The van der Waals surface area contributed by atoms with Gasteiger partial charge in [-0.05, 0) is 31.3 Å². The number of benzene rings is 1. The summed E-state index contributed by atoms with van der Waals surface area (Å²) in [7, 11) is -2.01. The molecule has 5 nitrogen and oxygen atoms in total. The van der Waals surface area contributed by atoms with Gasteiger partial charge in [0, 0.05) is 5.56 Å². The smallest absolute Gasteiger partial charge is 0.240 e. The highest BCUT2D eigenvalue weighted by Gasteiger charge is 2.11.